The average molecular weight is 912 g/mol. The summed E-state index contributed by atoms with van der Waals surface area (Å²) in [6.45, 7) is 7.70. The van der Waals surface area contributed by atoms with Gasteiger partial charge in [-0.15, -0.1) is 0 Å². The molecule has 0 aromatic carbocycles. The number of aliphatic hydroxyl groups is 2. The van der Waals surface area contributed by atoms with Gasteiger partial charge in [-0.1, -0.05) is 129 Å². The minimum Gasteiger partial charge on any atom is -0.466 e. The quantitative estimate of drug-likeness (QED) is 0.0210. The van der Waals surface area contributed by atoms with Crippen molar-refractivity contribution in [2.45, 2.75) is 219 Å². The van der Waals surface area contributed by atoms with Crippen LogP contribution in [0.1, 0.15) is 197 Å². The molecule has 364 valence electrons. The van der Waals surface area contributed by atoms with Gasteiger partial charge in [0.25, 0.3) is 0 Å². The molecule has 1 aromatic heterocycles. The molecule has 1 unspecified atom stereocenters. The number of carbonyl (C=O) groups excluding carboxylic acids is 3. The molecule has 1 saturated carbocycles. The highest BCUT2D eigenvalue weighted by Crippen LogP contribution is 2.43. The number of aliphatic hydroxyl groups excluding tert-OH is 2. The molecule has 1 aliphatic rings. The lowest BCUT2D eigenvalue weighted by atomic mass is 9.88. The Morgan fingerprint density at radius 3 is 1.92 bits per heavy atom. The maximum atomic E-state index is 12.7. The number of rotatable bonds is 39. The van der Waals surface area contributed by atoms with E-state index in [-0.39, 0.29) is 50.7 Å². The number of esters is 2. The van der Waals surface area contributed by atoms with Crippen LogP contribution in [0.3, 0.4) is 0 Å². The molecular formula is C49H86NO12P. The van der Waals surface area contributed by atoms with Crippen LogP contribution in [0.25, 0.3) is 0 Å². The Labute approximate surface area is 379 Å². The molecule has 2 rings (SSSR count). The van der Waals surface area contributed by atoms with Crippen molar-refractivity contribution in [3.63, 3.8) is 0 Å². The minimum absolute atomic E-state index is 0.00309. The summed E-state index contributed by atoms with van der Waals surface area (Å²) < 4.78 is 39.2. The first-order chi connectivity index (χ1) is 30.3. The van der Waals surface area contributed by atoms with E-state index in [1.807, 2.05) is 0 Å². The van der Waals surface area contributed by atoms with Gasteiger partial charge in [-0.2, -0.15) is 0 Å². The second-order valence-electron chi connectivity index (χ2n) is 17.7. The maximum absolute atomic E-state index is 12.7. The van der Waals surface area contributed by atoms with Gasteiger partial charge in [0.2, 0.25) is 0 Å². The van der Waals surface area contributed by atoms with Gasteiger partial charge in [0.15, 0.2) is 6.10 Å². The van der Waals surface area contributed by atoms with Gasteiger partial charge in [0.1, 0.15) is 23.9 Å². The molecule has 0 spiro atoms. The molecule has 1 aliphatic carbocycles. The van der Waals surface area contributed by atoms with Crippen LogP contribution in [0, 0.1) is 25.7 Å². The predicted octanol–water partition coefficient (Wildman–Crippen LogP) is 10.4. The van der Waals surface area contributed by atoms with Crippen molar-refractivity contribution in [2.75, 3.05) is 26.4 Å². The SMILES string of the molecule is CCCCCc1oc(CCCCCCCCCCCCC(=O)O[C@H](COC(=O)CCCCCC[C@H]2[C@@H](O)CC(=O)[C@@H]2/C=C/[C@@H](O)CCCCC)COP(=O)(O)OCCN)c(C)c1C. The van der Waals surface area contributed by atoms with Crippen molar-refractivity contribution >= 4 is 25.5 Å². The topological polar surface area (TPSA) is 205 Å². The number of nitrogens with two attached hydrogens (primary N) is 1. The minimum atomic E-state index is -4.45. The Balaban J connectivity index is 1.63. The predicted molar refractivity (Wildman–Crippen MR) is 247 cm³/mol. The molecule has 5 N–H and O–H groups in total. The number of phosphoric acid groups is 1. The standard InChI is InChI=1S/C49H86NO12P/c1-5-7-19-25-40(51)31-32-43-42(44(52)35-45(43)53)26-21-17-18-23-29-48(54)58-36-41(37-60-63(56,57)59-34-33-50)61-49(55)30-24-16-14-12-10-9-11-13-15-22-28-47-39(4)38(3)46(62-47)27-20-8-6-2/h31-32,40-44,51-52H,5-30,33-37,50H2,1-4H3,(H,56,57)/b32-31+/t40-,41+,42+,43+,44-/m0/s1. The lowest BCUT2D eigenvalue weighted by molar-refractivity contribution is -0.161. The fraction of sp³-hybridized carbons (Fsp3) is 0.816. The normalized spacial score (nSPS) is 18.5. The third-order valence-corrected chi connectivity index (χ3v) is 13.2. The van der Waals surface area contributed by atoms with Gasteiger partial charge < -0.3 is 34.7 Å². The zero-order valence-electron chi connectivity index (χ0n) is 39.5. The molecule has 63 heavy (non-hydrogen) atoms. The van der Waals surface area contributed by atoms with Crippen LogP contribution < -0.4 is 5.73 Å². The number of unbranched alkanes of at least 4 members (excludes halogenated alkanes) is 16. The van der Waals surface area contributed by atoms with Crippen LogP contribution >= 0.6 is 7.82 Å². The number of carbonyl (C=O) groups is 3. The smallest absolute Gasteiger partial charge is 0.466 e. The number of aryl methyl sites for hydroxylation is 2. The van der Waals surface area contributed by atoms with Gasteiger partial charge >= 0.3 is 19.8 Å². The molecule has 6 atom stereocenters. The van der Waals surface area contributed by atoms with Gasteiger partial charge in [-0.25, -0.2) is 4.57 Å². The molecule has 1 fully saturated rings. The molecule has 0 bridgehead atoms. The Morgan fingerprint density at radius 2 is 1.32 bits per heavy atom. The molecular weight excluding hydrogens is 826 g/mol. The highest BCUT2D eigenvalue weighted by molar-refractivity contribution is 7.47. The fourth-order valence-electron chi connectivity index (χ4n) is 8.25. The first kappa shape index (κ1) is 56.7. The van der Waals surface area contributed by atoms with Gasteiger partial charge in [0, 0.05) is 44.6 Å². The number of hydrogen-bond donors (Lipinski definition) is 4. The number of ketones is 1. The highest BCUT2D eigenvalue weighted by atomic mass is 31.2. The summed E-state index contributed by atoms with van der Waals surface area (Å²) in [4.78, 5) is 47.8. The summed E-state index contributed by atoms with van der Waals surface area (Å²) in [5, 5.41) is 20.8. The number of furan rings is 1. The van der Waals surface area contributed by atoms with Crippen molar-refractivity contribution in [3.8, 4) is 0 Å². The summed E-state index contributed by atoms with van der Waals surface area (Å²) in [6, 6.07) is 0. The number of allylic oxidation sites excluding steroid dienone is 1. The van der Waals surface area contributed by atoms with E-state index in [4.69, 9.17) is 28.7 Å². The lowest BCUT2D eigenvalue weighted by Crippen LogP contribution is -2.29. The van der Waals surface area contributed by atoms with Crippen molar-refractivity contribution in [3.05, 3.63) is 34.8 Å². The molecule has 0 saturated heterocycles. The number of Topliss-reactive ketones (excluding diaryl/α,β-unsaturated/α-hetero) is 1. The van der Waals surface area contributed by atoms with E-state index in [2.05, 4.69) is 27.7 Å². The summed E-state index contributed by atoms with van der Waals surface area (Å²) in [7, 11) is -4.45. The Bertz CT molecular complexity index is 1480. The van der Waals surface area contributed by atoms with Crippen molar-refractivity contribution < 1.29 is 57.0 Å². The second-order valence-corrected chi connectivity index (χ2v) is 19.2. The van der Waals surface area contributed by atoms with E-state index in [1.165, 1.54) is 67.6 Å². The van der Waals surface area contributed by atoms with Crippen LogP contribution in [0.5, 0.6) is 0 Å². The zero-order valence-corrected chi connectivity index (χ0v) is 40.4. The van der Waals surface area contributed by atoms with Crippen molar-refractivity contribution in [1.82, 2.24) is 0 Å². The van der Waals surface area contributed by atoms with Crippen LogP contribution in [-0.2, 0) is 50.3 Å². The third-order valence-electron chi connectivity index (χ3n) is 12.3. The van der Waals surface area contributed by atoms with E-state index in [1.54, 1.807) is 12.2 Å². The lowest BCUT2D eigenvalue weighted by Gasteiger charge is -2.20. The average Bonchev–Trinajstić information content (AvgIpc) is 3.68. The Morgan fingerprint density at radius 1 is 0.778 bits per heavy atom. The summed E-state index contributed by atoms with van der Waals surface area (Å²) >= 11 is 0. The maximum Gasteiger partial charge on any atom is 0.472 e. The molecule has 0 amide bonds. The molecule has 13 nitrogen and oxygen atoms in total. The molecule has 14 heteroatoms. The fourth-order valence-corrected chi connectivity index (χ4v) is 9.01. The number of phosphoric ester groups is 1. The van der Waals surface area contributed by atoms with Gasteiger partial charge in [-0.05, 0) is 69.4 Å². The Hall–Kier alpha value is -2.38. The molecule has 1 heterocycles. The molecule has 0 radical (unpaired) electrons. The number of ether oxygens (including phenoxy) is 2. The van der Waals surface area contributed by atoms with Gasteiger partial charge in [0.05, 0.1) is 25.4 Å². The van der Waals surface area contributed by atoms with E-state index < -0.39 is 50.6 Å². The second kappa shape index (κ2) is 34.0. The highest BCUT2D eigenvalue weighted by Gasteiger charge is 2.39. The largest absolute Gasteiger partial charge is 0.472 e. The van der Waals surface area contributed by atoms with E-state index in [9.17, 15) is 34.1 Å². The summed E-state index contributed by atoms with van der Waals surface area (Å²) in [6.07, 6.45) is 25.3. The molecule has 1 aromatic rings. The van der Waals surface area contributed by atoms with Gasteiger partial charge in [-0.3, -0.25) is 23.4 Å². The monoisotopic (exact) mass is 912 g/mol. The number of hydrogen-bond acceptors (Lipinski definition) is 12. The van der Waals surface area contributed by atoms with E-state index >= 15 is 0 Å². The van der Waals surface area contributed by atoms with E-state index in [0.717, 1.165) is 83.5 Å². The van der Waals surface area contributed by atoms with Crippen LogP contribution in [0.15, 0.2) is 16.6 Å². The van der Waals surface area contributed by atoms with Crippen LogP contribution in [-0.4, -0.2) is 77.5 Å². The zero-order chi connectivity index (χ0) is 46.3. The van der Waals surface area contributed by atoms with Crippen molar-refractivity contribution in [1.29, 1.82) is 0 Å². The summed E-state index contributed by atoms with van der Waals surface area (Å²) in [5.41, 5.74) is 8.02. The Kier molecular flexibility index (Phi) is 30.6. The van der Waals surface area contributed by atoms with E-state index in [0.29, 0.717) is 25.7 Å². The first-order valence-electron chi connectivity index (χ1n) is 24.6. The first-order valence-corrected chi connectivity index (χ1v) is 26.1. The van der Waals surface area contributed by atoms with Crippen LogP contribution in [0.2, 0.25) is 0 Å². The molecule has 0 aliphatic heterocycles. The van der Waals surface area contributed by atoms with Crippen LogP contribution in [0.4, 0.5) is 0 Å². The summed E-state index contributed by atoms with van der Waals surface area (Å²) in [5.74, 6) is 0.776. The third kappa shape index (κ3) is 25.2. The van der Waals surface area contributed by atoms with Crippen molar-refractivity contribution in [2.24, 2.45) is 17.6 Å².